The van der Waals surface area contributed by atoms with Crippen molar-refractivity contribution in [2.75, 3.05) is 16.8 Å². The van der Waals surface area contributed by atoms with E-state index in [0.29, 0.717) is 32.2 Å². The Bertz CT molecular complexity index is 1330. The van der Waals surface area contributed by atoms with Gasteiger partial charge in [0.2, 0.25) is 0 Å². The van der Waals surface area contributed by atoms with Crippen LogP contribution < -0.4 is 15.6 Å². The van der Waals surface area contributed by atoms with Gasteiger partial charge in [-0.05, 0) is 74.5 Å². The second-order valence-corrected chi connectivity index (χ2v) is 9.71. The molecule has 1 unspecified atom stereocenters. The van der Waals surface area contributed by atoms with Crippen LogP contribution in [0.1, 0.15) is 19.6 Å². The Morgan fingerprint density at radius 3 is 2.34 bits per heavy atom. The van der Waals surface area contributed by atoms with Crippen molar-refractivity contribution in [3.63, 3.8) is 0 Å². The van der Waals surface area contributed by atoms with Crippen molar-refractivity contribution in [2.24, 2.45) is 5.10 Å². The van der Waals surface area contributed by atoms with Crippen LogP contribution >= 0.6 is 23.2 Å². The summed E-state index contributed by atoms with van der Waals surface area (Å²) in [5.74, 6) is -0.166. The average Bonchev–Trinajstić information content (AvgIpc) is 3.46. The van der Waals surface area contributed by atoms with Gasteiger partial charge in [-0.2, -0.15) is 10.2 Å². The molecular formula is C25H24Cl2N6O5. The van der Waals surface area contributed by atoms with E-state index in [9.17, 15) is 19.6 Å². The first-order valence-corrected chi connectivity index (χ1v) is 12.1. The molecule has 198 valence electrons. The van der Waals surface area contributed by atoms with Gasteiger partial charge in [-0.15, -0.1) is 0 Å². The van der Waals surface area contributed by atoms with Crippen molar-refractivity contribution in [3.05, 3.63) is 82.7 Å². The Kier molecular flexibility index (Phi) is 7.91. The normalized spacial score (nSPS) is 16.7. The molecule has 1 aliphatic heterocycles. The number of furan rings is 1. The van der Waals surface area contributed by atoms with Crippen LogP contribution in [0.5, 0.6) is 0 Å². The molecule has 1 fully saturated rings. The predicted octanol–water partition coefficient (Wildman–Crippen LogP) is 5.01. The fourth-order valence-electron chi connectivity index (χ4n) is 4.01. The largest absolute Gasteiger partial charge is 0.463 e. The van der Waals surface area contributed by atoms with Gasteiger partial charge in [0.25, 0.3) is 5.91 Å². The van der Waals surface area contributed by atoms with Crippen LogP contribution in [0.25, 0.3) is 0 Å². The van der Waals surface area contributed by atoms with Gasteiger partial charge in [0.05, 0.1) is 18.0 Å². The highest BCUT2D eigenvalue weighted by Gasteiger charge is 2.56. The number of nitrogens with zero attached hydrogens (tertiary/aromatic N) is 4. The van der Waals surface area contributed by atoms with E-state index < -0.39 is 36.2 Å². The van der Waals surface area contributed by atoms with Gasteiger partial charge in [0.15, 0.2) is 6.17 Å². The van der Waals surface area contributed by atoms with Crippen LogP contribution in [0, 0.1) is 0 Å². The van der Waals surface area contributed by atoms with Gasteiger partial charge >= 0.3 is 12.1 Å². The zero-order chi connectivity index (χ0) is 27.4. The molecule has 3 aromatic rings. The first-order valence-electron chi connectivity index (χ1n) is 11.3. The summed E-state index contributed by atoms with van der Waals surface area (Å²) in [5.41, 5.74) is 1.84. The fraction of sp³-hybridized carbons (Fsp3) is 0.200. The van der Waals surface area contributed by atoms with Gasteiger partial charge in [-0.3, -0.25) is 14.9 Å². The fourth-order valence-corrected chi connectivity index (χ4v) is 4.26. The number of hydrogen-bond donors (Lipinski definition) is 3. The molecule has 1 atom stereocenters. The van der Waals surface area contributed by atoms with E-state index in [1.807, 2.05) is 0 Å². The molecule has 1 aromatic heterocycles. The Balaban J connectivity index is 1.59. The highest BCUT2D eigenvalue weighted by atomic mass is 35.5. The number of carbonyl (C=O) groups is 3. The summed E-state index contributed by atoms with van der Waals surface area (Å²) < 4.78 is 5.12. The number of hydrazone groups is 1. The molecule has 5 amide bonds. The minimum atomic E-state index is -1.25. The van der Waals surface area contributed by atoms with Crippen LogP contribution in [-0.2, 0) is 4.79 Å². The van der Waals surface area contributed by atoms with Crippen LogP contribution in [0.3, 0.4) is 0 Å². The summed E-state index contributed by atoms with van der Waals surface area (Å²) in [7, 11) is 0. The molecule has 2 aromatic carbocycles. The van der Waals surface area contributed by atoms with Crippen molar-refractivity contribution in [1.82, 2.24) is 15.4 Å². The Labute approximate surface area is 228 Å². The number of nitrogens with one attached hydrogen (secondary N) is 2. The molecular weight excluding hydrogens is 535 g/mol. The first-order chi connectivity index (χ1) is 18.1. The maximum Gasteiger partial charge on any atom is 0.347 e. The van der Waals surface area contributed by atoms with Gasteiger partial charge in [0, 0.05) is 21.4 Å². The second kappa shape index (κ2) is 11.1. The topological polar surface area (TPSA) is 131 Å². The molecule has 38 heavy (non-hydrogen) atoms. The molecule has 3 N–H and O–H groups in total. The van der Waals surface area contributed by atoms with Crippen molar-refractivity contribution in [1.29, 1.82) is 0 Å². The van der Waals surface area contributed by atoms with Crippen LogP contribution in [-0.4, -0.2) is 57.6 Å². The van der Waals surface area contributed by atoms with E-state index in [2.05, 4.69) is 15.8 Å². The molecule has 1 saturated heterocycles. The molecule has 0 bridgehead atoms. The van der Waals surface area contributed by atoms with E-state index in [0.717, 1.165) is 0 Å². The Morgan fingerprint density at radius 1 is 1.11 bits per heavy atom. The second-order valence-electron chi connectivity index (χ2n) is 8.83. The predicted molar refractivity (Wildman–Crippen MR) is 142 cm³/mol. The molecule has 0 aliphatic carbocycles. The Hall–Kier alpha value is -4.06. The van der Waals surface area contributed by atoms with Gasteiger partial charge < -0.3 is 14.6 Å². The van der Waals surface area contributed by atoms with Crippen molar-refractivity contribution in [3.8, 4) is 0 Å². The average molecular weight is 559 g/mol. The minimum absolute atomic E-state index is 0.356. The number of halogens is 2. The molecule has 4 rings (SSSR count). The lowest BCUT2D eigenvalue weighted by molar-refractivity contribution is -0.124. The molecule has 0 radical (unpaired) electrons. The quantitative estimate of drug-likeness (QED) is 0.213. The number of urea groups is 2. The maximum absolute atomic E-state index is 13.6. The number of anilines is 2. The lowest BCUT2D eigenvalue weighted by Gasteiger charge is -2.38. The van der Waals surface area contributed by atoms with Crippen LogP contribution in [0.4, 0.5) is 21.0 Å². The van der Waals surface area contributed by atoms with Crippen LogP contribution in [0.15, 0.2) is 76.4 Å². The van der Waals surface area contributed by atoms with Crippen molar-refractivity contribution < 1.29 is 24.0 Å². The standard InChI is InChI=1S/C25H24Cl2N6O5/c1-25(2)22(33(37)23(35)29-18-9-5-16(26)6-10-18)32(19-11-7-17(27)8-12-19)24(36)31(25)15-21(34)30-28-14-20-4-3-13-38-20/h3-14,22,37H,15H2,1-2H3,(H,29,35)(H,30,34)/b28-14-. The van der Waals surface area contributed by atoms with Crippen molar-refractivity contribution >= 4 is 58.8 Å². The smallest absolute Gasteiger partial charge is 0.347 e. The molecule has 0 saturated carbocycles. The lowest BCUT2D eigenvalue weighted by Crippen LogP contribution is -2.58. The first kappa shape index (κ1) is 27.0. The van der Waals surface area contributed by atoms with Crippen molar-refractivity contribution in [2.45, 2.75) is 25.6 Å². The summed E-state index contributed by atoms with van der Waals surface area (Å²) in [4.78, 5) is 41.8. The van der Waals surface area contributed by atoms with Gasteiger partial charge in [0.1, 0.15) is 12.3 Å². The van der Waals surface area contributed by atoms with E-state index in [4.69, 9.17) is 27.6 Å². The number of hydrogen-bond acceptors (Lipinski definition) is 6. The summed E-state index contributed by atoms with van der Waals surface area (Å²) in [6, 6.07) is 14.4. The maximum atomic E-state index is 13.6. The third-order valence-corrected chi connectivity index (χ3v) is 6.38. The zero-order valence-corrected chi connectivity index (χ0v) is 21.8. The SMILES string of the molecule is CC1(C)C(N(O)C(=O)Nc2ccc(Cl)cc2)N(c2ccc(Cl)cc2)C(=O)N1CC(=O)N/N=C\c1ccco1. The molecule has 11 nitrogen and oxygen atoms in total. The van der Waals surface area contributed by atoms with E-state index in [-0.39, 0.29) is 0 Å². The lowest BCUT2D eigenvalue weighted by atomic mass is 9.99. The zero-order valence-electron chi connectivity index (χ0n) is 20.3. The van der Waals surface area contributed by atoms with Crippen LogP contribution in [0.2, 0.25) is 10.0 Å². The number of rotatable bonds is 7. The van der Waals surface area contributed by atoms with E-state index in [1.54, 1.807) is 74.5 Å². The summed E-state index contributed by atoms with van der Waals surface area (Å²) in [5, 5.41) is 18.8. The summed E-state index contributed by atoms with van der Waals surface area (Å²) >= 11 is 11.9. The third kappa shape index (κ3) is 5.75. The minimum Gasteiger partial charge on any atom is -0.463 e. The van der Waals surface area contributed by atoms with E-state index in [1.165, 1.54) is 22.3 Å². The monoisotopic (exact) mass is 558 g/mol. The van der Waals surface area contributed by atoms with Gasteiger partial charge in [-0.25, -0.2) is 15.0 Å². The number of amides is 5. The summed E-state index contributed by atoms with van der Waals surface area (Å²) in [6.45, 7) is 2.85. The number of carbonyl (C=O) groups excluding carboxylic acids is 3. The van der Waals surface area contributed by atoms with Gasteiger partial charge in [-0.1, -0.05) is 23.2 Å². The Morgan fingerprint density at radius 2 is 1.74 bits per heavy atom. The number of hydroxylamine groups is 2. The highest BCUT2D eigenvalue weighted by Crippen LogP contribution is 2.38. The molecule has 13 heteroatoms. The molecule has 0 spiro atoms. The molecule has 1 aliphatic rings. The highest BCUT2D eigenvalue weighted by molar-refractivity contribution is 6.31. The number of benzene rings is 2. The molecule has 2 heterocycles. The third-order valence-electron chi connectivity index (χ3n) is 5.88. The van der Waals surface area contributed by atoms with E-state index >= 15 is 0 Å². The summed E-state index contributed by atoms with van der Waals surface area (Å²) in [6.07, 6.45) is 1.54.